The second-order valence-electron chi connectivity index (χ2n) is 2.92. The molecule has 1 N–H and O–H groups in total. The zero-order chi connectivity index (χ0) is 9.42. The van der Waals surface area contributed by atoms with Crippen molar-refractivity contribution in [1.29, 1.82) is 0 Å². The van der Waals surface area contributed by atoms with Gasteiger partial charge in [0, 0.05) is 6.42 Å². The predicted octanol–water partition coefficient (Wildman–Crippen LogP) is 2.40. The molecule has 70 valence electrons. The molecule has 0 saturated heterocycles. The van der Waals surface area contributed by atoms with Gasteiger partial charge in [0.25, 0.3) is 0 Å². The molecule has 2 rings (SSSR count). The lowest BCUT2D eigenvalue weighted by Gasteiger charge is -2.23. The first-order valence-corrected chi connectivity index (χ1v) is 4.78. The topological polar surface area (TPSA) is 29.5 Å². The molecule has 13 heavy (non-hydrogen) atoms. The highest BCUT2D eigenvalue weighted by molar-refractivity contribution is 9.10. The van der Waals surface area contributed by atoms with Gasteiger partial charge in [0.05, 0.1) is 22.7 Å². The third-order valence-electron chi connectivity index (χ3n) is 2.07. The number of benzene rings is 1. The number of halogens is 2. The van der Waals surface area contributed by atoms with Gasteiger partial charge in [-0.15, -0.1) is 0 Å². The summed E-state index contributed by atoms with van der Waals surface area (Å²) >= 11 is 3.24. The van der Waals surface area contributed by atoms with Gasteiger partial charge in [-0.3, -0.25) is 0 Å². The van der Waals surface area contributed by atoms with Crippen LogP contribution in [0.3, 0.4) is 0 Å². The number of rotatable bonds is 0. The normalized spacial score (nSPS) is 20.7. The van der Waals surface area contributed by atoms with Crippen LogP contribution in [0.2, 0.25) is 0 Å². The molecule has 0 amide bonds. The van der Waals surface area contributed by atoms with Crippen molar-refractivity contribution in [2.45, 2.75) is 12.5 Å². The van der Waals surface area contributed by atoms with E-state index in [0.29, 0.717) is 23.2 Å². The molecule has 2 nitrogen and oxygen atoms in total. The van der Waals surface area contributed by atoms with E-state index in [4.69, 9.17) is 4.74 Å². The highest BCUT2D eigenvalue weighted by atomic mass is 79.9. The fourth-order valence-corrected chi connectivity index (χ4v) is 1.88. The monoisotopic (exact) mass is 246 g/mol. The summed E-state index contributed by atoms with van der Waals surface area (Å²) in [6.07, 6.45) is -0.304. The molecule has 0 bridgehead atoms. The van der Waals surface area contributed by atoms with Crippen molar-refractivity contribution in [3.8, 4) is 5.75 Å². The molecule has 0 radical (unpaired) electrons. The van der Waals surface area contributed by atoms with Crippen molar-refractivity contribution in [2.75, 3.05) is 6.61 Å². The zero-order valence-electron chi connectivity index (χ0n) is 6.76. The van der Waals surface area contributed by atoms with E-state index in [-0.39, 0.29) is 5.56 Å². The average molecular weight is 247 g/mol. The summed E-state index contributed by atoms with van der Waals surface area (Å²) in [5, 5.41) is 9.53. The van der Waals surface area contributed by atoms with Crippen LogP contribution < -0.4 is 4.74 Å². The van der Waals surface area contributed by atoms with E-state index in [9.17, 15) is 9.50 Å². The molecule has 0 aromatic heterocycles. The summed E-state index contributed by atoms with van der Waals surface area (Å²) in [6, 6.07) is 2.90. The average Bonchev–Trinajstić information content (AvgIpc) is 2.12. The molecule has 1 aromatic carbocycles. The van der Waals surface area contributed by atoms with Crippen molar-refractivity contribution >= 4 is 15.9 Å². The predicted molar refractivity (Wildman–Crippen MR) is 49.2 cm³/mol. The van der Waals surface area contributed by atoms with Crippen LogP contribution in [0.25, 0.3) is 0 Å². The van der Waals surface area contributed by atoms with E-state index in [1.807, 2.05) is 0 Å². The van der Waals surface area contributed by atoms with Crippen molar-refractivity contribution in [2.24, 2.45) is 0 Å². The van der Waals surface area contributed by atoms with Crippen LogP contribution in [0.4, 0.5) is 4.39 Å². The molecule has 0 saturated carbocycles. The van der Waals surface area contributed by atoms with Gasteiger partial charge >= 0.3 is 0 Å². The lowest BCUT2D eigenvalue weighted by molar-refractivity contribution is 0.110. The summed E-state index contributed by atoms with van der Waals surface area (Å²) in [6.45, 7) is 0.427. The minimum absolute atomic E-state index is 0.264. The Morgan fingerprint density at radius 1 is 1.54 bits per heavy atom. The lowest BCUT2D eigenvalue weighted by Crippen LogP contribution is -2.15. The number of aliphatic hydroxyl groups excluding tert-OH is 1. The smallest absolute Gasteiger partial charge is 0.142 e. The second-order valence-corrected chi connectivity index (χ2v) is 3.78. The first-order chi connectivity index (χ1) is 6.20. The Balaban J connectivity index is 2.60. The molecular formula is C9H8BrFO2. The third kappa shape index (κ3) is 1.44. The number of hydrogen-bond acceptors (Lipinski definition) is 2. The van der Waals surface area contributed by atoms with Crippen molar-refractivity contribution in [1.82, 2.24) is 0 Å². The van der Waals surface area contributed by atoms with Crippen molar-refractivity contribution in [3.63, 3.8) is 0 Å². The van der Waals surface area contributed by atoms with Crippen LogP contribution in [-0.4, -0.2) is 11.7 Å². The van der Waals surface area contributed by atoms with Gasteiger partial charge in [-0.25, -0.2) is 4.39 Å². The Labute approximate surface area is 83.5 Å². The summed E-state index contributed by atoms with van der Waals surface area (Å²) in [5.74, 6) is 0.0177. The van der Waals surface area contributed by atoms with Gasteiger partial charge in [-0.2, -0.15) is 0 Å². The van der Waals surface area contributed by atoms with Crippen molar-refractivity contribution < 1.29 is 14.2 Å². The van der Waals surface area contributed by atoms with Gasteiger partial charge in [0.1, 0.15) is 11.6 Å². The van der Waals surface area contributed by atoms with Crippen LogP contribution in [0.1, 0.15) is 18.1 Å². The van der Waals surface area contributed by atoms with Gasteiger partial charge in [0.2, 0.25) is 0 Å². The van der Waals surface area contributed by atoms with E-state index in [1.54, 1.807) is 6.07 Å². The number of fused-ring (bicyclic) bond motifs is 1. The minimum Gasteiger partial charge on any atom is -0.492 e. The summed E-state index contributed by atoms with van der Waals surface area (Å²) < 4.78 is 19.2. The van der Waals surface area contributed by atoms with Crippen molar-refractivity contribution in [3.05, 3.63) is 28.0 Å². The largest absolute Gasteiger partial charge is 0.492 e. The van der Waals surface area contributed by atoms with Crippen LogP contribution in [0.5, 0.6) is 5.75 Å². The van der Waals surface area contributed by atoms with Gasteiger partial charge in [0.15, 0.2) is 0 Å². The molecular weight excluding hydrogens is 239 g/mol. The van der Waals surface area contributed by atoms with Gasteiger partial charge in [-0.05, 0) is 28.1 Å². The number of ether oxygens (including phenoxy) is 1. The van der Waals surface area contributed by atoms with Crippen LogP contribution >= 0.6 is 15.9 Å². The van der Waals surface area contributed by atoms with E-state index in [2.05, 4.69) is 15.9 Å². The molecule has 4 heteroatoms. The minimum atomic E-state index is -0.749. The maximum absolute atomic E-state index is 13.2. The maximum Gasteiger partial charge on any atom is 0.142 e. The molecule has 1 heterocycles. The zero-order valence-corrected chi connectivity index (χ0v) is 8.34. The molecule has 1 aliphatic heterocycles. The van der Waals surface area contributed by atoms with Crippen LogP contribution in [0.15, 0.2) is 16.6 Å². The second kappa shape index (κ2) is 3.27. The quantitative estimate of drug-likeness (QED) is 0.762. The lowest BCUT2D eigenvalue weighted by atomic mass is 10.0. The SMILES string of the molecule is O[C@H]1CCOc2c(Br)ccc(F)c21. The summed E-state index contributed by atoms with van der Waals surface area (Å²) in [5.41, 5.74) is 0.264. The number of aliphatic hydroxyl groups is 1. The van der Waals surface area contributed by atoms with E-state index < -0.39 is 11.9 Å². The highest BCUT2D eigenvalue weighted by Crippen LogP contribution is 2.39. The molecule has 0 spiro atoms. The molecule has 1 atom stereocenters. The molecule has 0 aliphatic carbocycles. The molecule has 0 unspecified atom stereocenters. The molecule has 0 fully saturated rings. The Bertz CT molecular complexity index is 341. The first-order valence-electron chi connectivity index (χ1n) is 3.99. The maximum atomic E-state index is 13.2. The van der Waals surface area contributed by atoms with E-state index in [1.165, 1.54) is 6.07 Å². The van der Waals surface area contributed by atoms with Gasteiger partial charge in [-0.1, -0.05) is 0 Å². The molecule has 1 aromatic rings. The summed E-state index contributed by atoms with van der Waals surface area (Å²) in [4.78, 5) is 0. The standard InChI is InChI=1S/C9H8BrFO2/c10-5-1-2-6(11)8-7(12)3-4-13-9(5)8/h1-2,7,12H,3-4H2/t7-/m0/s1. The Morgan fingerprint density at radius 3 is 3.00 bits per heavy atom. The van der Waals surface area contributed by atoms with Crippen LogP contribution in [0, 0.1) is 5.82 Å². The Kier molecular flexibility index (Phi) is 2.26. The Hall–Kier alpha value is -0.610. The molecule has 1 aliphatic rings. The third-order valence-corrected chi connectivity index (χ3v) is 2.69. The Morgan fingerprint density at radius 2 is 2.31 bits per heavy atom. The van der Waals surface area contributed by atoms with Gasteiger partial charge < -0.3 is 9.84 Å². The van der Waals surface area contributed by atoms with E-state index >= 15 is 0 Å². The van der Waals surface area contributed by atoms with Crippen LogP contribution in [-0.2, 0) is 0 Å². The number of hydrogen-bond donors (Lipinski definition) is 1. The fourth-order valence-electron chi connectivity index (χ4n) is 1.42. The first kappa shape index (κ1) is 8.97. The van der Waals surface area contributed by atoms with E-state index in [0.717, 1.165) is 0 Å². The summed E-state index contributed by atoms with van der Waals surface area (Å²) in [7, 11) is 0. The fraction of sp³-hybridized carbons (Fsp3) is 0.333. The highest BCUT2D eigenvalue weighted by Gasteiger charge is 2.24.